The maximum atomic E-state index is 9.09. The SMILES string of the molecule is CO[C@@H](CO)OC(CO)[C@H](O)CO. The van der Waals surface area contributed by atoms with Crippen molar-refractivity contribution < 1.29 is 29.9 Å². The van der Waals surface area contributed by atoms with Gasteiger partial charge in [-0.05, 0) is 0 Å². The van der Waals surface area contributed by atoms with E-state index in [2.05, 4.69) is 4.74 Å². The minimum atomic E-state index is -1.19. The topological polar surface area (TPSA) is 99.4 Å². The highest BCUT2D eigenvalue weighted by molar-refractivity contribution is 4.67. The van der Waals surface area contributed by atoms with Crippen molar-refractivity contribution in [3.8, 4) is 0 Å². The van der Waals surface area contributed by atoms with E-state index in [4.69, 9.17) is 25.2 Å². The van der Waals surface area contributed by atoms with Crippen LogP contribution in [-0.4, -0.2) is 65.9 Å². The first-order chi connectivity index (χ1) is 6.19. The minimum absolute atomic E-state index is 0.384. The Bertz CT molecular complexity index is 116. The second kappa shape index (κ2) is 7.19. The third-order valence-electron chi connectivity index (χ3n) is 1.53. The fourth-order valence-electron chi connectivity index (χ4n) is 0.741. The molecule has 6 heteroatoms. The first kappa shape index (κ1) is 12.8. The molecule has 0 radical (unpaired) electrons. The summed E-state index contributed by atoms with van der Waals surface area (Å²) < 4.78 is 9.57. The molecule has 0 saturated carbocycles. The quantitative estimate of drug-likeness (QED) is 0.341. The molecule has 13 heavy (non-hydrogen) atoms. The van der Waals surface area contributed by atoms with E-state index >= 15 is 0 Å². The van der Waals surface area contributed by atoms with Gasteiger partial charge in [-0.2, -0.15) is 0 Å². The predicted molar refractivity (Wildman–Crippen MR) is 42.9 cm³/mol. The molecule has 6 nitrogen and oxygen atoms in total. The molecule has 0 aliphatic heterocycles. The summed E-state index contributed by atoms with van der Waals surface area (Å²) in [6.07, 6.45) is -3.05. The van der Waals surface area contributed by atoms with Crippen LogP contribution in [-0.2, 0) is 9.47 Å². The number of hydrogen-bond acceptors (Lipinski definition) is 6. The van der Waals surface area contributed by atoms with Gasteiger partial charge in [-0.25, -0.2) is 0 Å². The zero-order chi connectivity index (χ0) is 10.3. The Labute approximate surface area is 76.3 Å². The monoisotopic (exact) mass is 196 g/mol. The van der Waals surface area contributed by atoms with E-state index < -0.39 is 31.7 Å². The van der Waals surface area contributed by atoms with Crippen LogP contribution in [0, 0.1) is 0 Å². The molecule has 0 aromatic rings. The van der Waals surface area contributed by atoms with Crippen LogP contribution in [0.2, 0.25) is 0 Å². The summed E-state index contributed by atoms with van der Waals surface area (Å²) in [7, 11) is 1.32. The van der Waals surface area contributed by atoms with Crippen LogP contribution in [0.3, 0.4) is 0 Å². The maximum absolute atomic E-state index is 9.09. The van der Waals surface area contributed by atoms with Gasteiger partial charge >= 0.3 is 0 Å². The Hall–Kier alpha value is -0.240. The summed E-state index contributed by atoms with van der Waals surface area (Å²) in [4.78, 5) is 0. The number of hydrogen-bond donors (Lipinski definition) is 4. The van der Waals surface area contributed by atoms with Crippen molar-refractivity contribution in [1.29, 1.82) is 0 Å². The highest BCUT2D eigenvalue weighted by atomic mass is 16.7. The second-order valence-corrected chi connectivity index (χ2v) is 2.45. The van der Waals surface area contributed by atoms with Gasteiger partial charge < -0.3 is 29.9 Å². The number of ether oxygens (including phenoxy) is 2. The molecule has 4 N–H and O–H groups in total. The van der Waals surface area contributed by atoms with E-state index in [1.54, 1.807) is 0 Å². The largest absolute Gasteiger partial charge is 0.394 e. The minimum Gasteiger partial charge on any atom is -0.394 e. The summed E-state index contributed by atoms with van der Waals surface area (Å²) in [6, 6.07) is 0. The molecule has 1 unspecified atom stereocenters. The third kappa shape index (κ3) is 4.51. The molecule has 0 rings (SSSR count). The number of rotatable bonds is 7. The summed E-state index contributed by atoms with van der Waals surface area (Å²) >= 11 is 0. The summed E-state index contributed by atoms with van der Waals surface area (Å²) in [5.74, 6) is 0. The molecule has 80 valence electrons. The lowest BCUT2D eigenvalue weighted by Gasteiger charge is -2.23. The molecule has 0 aliphatic carbocycles. The van der Waals surface area contributed by atoms with Crippen molar-refractivity contribution in [2.75, 3.05) is 26.9 Å². The van der Waals surface area contributed by atoms with Gasteiger partial charge in [0.05, 0.1) is 19.8 Å². The Morgan fingerprint density at radius 2 is 1.69 bits per heavy atom. The van der Waals surface area contributed by atoms with Crippen LogP contribution in [0.5, 0.6) is 0 Å². The van der Waals surface area contributed by atoms with Gasteiger partial charge in [0, 0.05) is 7.11 Å². The highest BCUT2D eigenvalue weighted by Gasteiger charge is 2.22. The number of aliphatic hydroxyl groups is 4. The summed E-state index contributed by atoms with van der Waals surface area (Å²) in [5.41, 5.74) is 0. The molecule has 0 aromatic heterocycles. The van der Waals surface area contributed by atoms with E-state index in [1.807, 2.05) is 0 Å². The second-order valence-electron chi connectivity index (χ2n) is 2.45. The lowest BCUT2D eigenvalue weighted by Crippen LogP contribution is -2.39. The van der Waals surface area contributed by atoms with E-state index in [0.717, 1.165) is 0 Å². The lowest BCUT2D eigenvalue weighted by molar-refractivity contribution is -0.206. The van der Waals surface area contributed by atoms with Gasteiger partial charge in [0.25, 0.3) is 0 Å². The fourth-order valence-corrected chi connectivity index (χ4v) is 0.741. The zero-order valence-corrected chi connectivity index (χ0v) is 7.46. The Kier molecular flexibility index (Phi) is 7.06. The van der Waals surface area contributed by atoms with Crippen molar-refractivity contribution in [3.63, 3.8) is 0 Å². The molecular formula is C7H16O6. The van der Waals surface area contributed by atoms with E-state index in [9.17, 15) is 0 Å². The zero-order valence-electron chi connectivity index (χ0n) is 7.46. The lowest BCUT2D eigenvalue weighted by atomic mass is 10.2. The van der Waals surface area contributed by atoms with Gasteiger partial charge in [-0.3, -0.25) is 0 Å². The molecular weight excluding hydrogens is 180 g/mol. The smallest absolute Gasteiger partial charge is 0.180 e. The molecule has 3 atom stereocenters. The average molecular weight is 196 g/mol. The van der Waals surface area contributed by atoms with Crippen molar-refractivity contribution in [2.24, 2.45) is 0 Å². The summed E-state index contributed by atoms with van der Waals surface area (Å²) in [5, 5.41) is 35.0. The standard InChI is InChI=1S/C7H16O6/c1-12-7(4-10)13-6(3-9)5(11)2-8/h5-11H,2-4H2,1H3/t5-,6?,7-/m1/s1. The van der Waals surface area contributed by atoms with E-state index in [1.165, 1.54) is 7.11 Å². The maximum Gasteiger partial charge on any atom is 0.180 e. The van der Waals surface area contributed by atoms with E-state index in [0.29, 0.717) is 0 Å². The average Bonchev–Trinajstić information content (AvgIpc) is 2.19. The van der Waals surface area contributed by atoms with Gasteiger partial charge in [0.15, 0.2) is 6.29 Å². The summed E-state index contributed by atoms with van der Waals surface area (Å²) in [6.45, 7) is -1.36. The van der Waals surface area contributed by atoms with Gasteiger partial charge in [0.2, 0.25) is 0 Å². The molecule has 0 aromatic carbocycles. The molecule has 0 spiro atoms. The van der Waals surface area contributed by atoms with Crippen LogP contribution >= 0.6 is 0 Å². The normalized spacial score (nSPS) is 18.2. The van der Waals surface area contributed by atoms with Gasteiger partial charge in [0.1, 0.15) is 12.2 Å². The van der Waals surface area contributed by atoms with Crippen LogP contribution in [0.1, 0.15) is 0 Å². The number of methoxy groups -OCH3 is 1. The Morgan fingerprint density at radius 3 is 2.00 bits per heavy atom. The van der Waals surface area contributed by atoms with E-state index in [-0.39, 0.29) is 6.61 Å². The molecule has 0 saturated heterocycles. The number of aliphatic hydroxyl groups excluding tert-OH is 4. The molecule has 0 aliphatic rings. The first-order valence-electron chi connectivity index (χ1n) is 3.88. The van der Waals surface area contributed by atoms with Crippen molar-refractivity contribution in [3.05, 3.63) is 0 Å². The Balaban J connectivity index is 3.94. The molecule has 0 amide bonds. The molecule has 0 heterocycles. The predicted octanol–water partition coefficient (Wildman–Crippen LogP) is -2.32. The third-order valence-corrected chi connectivity index (χ3v) is 1.53. The van der Waals surface area contributed by atoms with Crippen molar-refractivity contribution in [1.82, 2.24) is 0 Å². The van der Waals surface area contributed by atoms with Crippen molar-refractivity contribution in [2.45, 2.75) is 18.5 Å². The van der Waals surface area contributed by atoms with Crippen LogP contribution in [0.25, 0.3) is 0 Å². The van der Waals surface area contributed by atoms with Crippen LogP contribution in [0.4, 0.5) is 0 Å². The fraction of sp³-hybridized carbons (Fsp3) is 1.00. The van der Waals surface area contributed by atoms with Gasteiger partial charge in [-0.1, -0.05) is 0 Å². The van der Waals surface area contributed by atoms with Crippen LogP contribution < -0.4 is 0 Å². The van der Waals surface area contributed by atoms with Crippen molar-refractivity contribution >= 4 is 0 Å². The van der Waals surface area contributed by atoms with Gasteiger partial charge in [-0.15, -0.1) is 0 Å². The Morgan fingerprint density at radius 1 is 1.08 bits per heavy atom. The molecule has 0 bridgehead atoms. The first-order valence-corrected chi connectivity index (χ1v) is 3.88. The molecule has 0 fully saturated rings. The highest BCUT2D eigenvalue weighted by Crippen LogP contribution is 2.03. The van der Waals surface area contributed by atoms with Crippen LogP contribution in [0.15, 0.2) is 0 Å².